The molecule has 0 saturated heterocycles. The minimum Gasteiger partial charge on any atom is -0.493 e. The third-order valence-electron chi connectivity index (χ3n) is 3.61. The number of halogens is 2. The van der Waals surface area contributed by atoms with Gasteiger partial charge in [-0.2, -0.15) is 8.78 Å². The molecule has 5 nitrogen and oxygen atoms in total. The number of rotatable bonds is 5. The van der Waals surface area contributed by atoms with E-state index in [1.807, 2.05) is 25.1 Å². The van der Waals surface area contributed by atoms with Crippen molar-refractivity contribution in [3.8, 4) is 11.5 Å². The Morgan fingerprint density at radius 3 is 2.65 bits per heavy atom. The van der Waals surface area contributed by atoms with E-state index in [0.29, 0.717) is 5.56 Å². The average Bonchev–Trinajstić information content (AvgIpc) is 2.97. The minimum atomic E-state index is -3.04. The zero-order valence-electron chi connectivity index (χ0n) is 14.0. The molecule has 1 aliphatic rings. The summed E-state index contributed by atoms with van der Waals surface area (Å²) in [6.07, 6.45) is 1.32. The average molecular weight is 359 g/mol. The molecule has 0 N–H and O–H groups in total. The Labute approximate surface area is 148 Å². The molecule has 0 fully saturated rings. The lowest BCUT2D eigenvalue weighted by Gasteiger charge is -2.12. The summed E-state index contributed by atoms with van der Waals surface area (Å²) in [5.74, 6) is -0.574. The van der Waals surface area contributed by atoms with Crippen LogP contribution in [0.15, 0.2) is 53.2 Å². The van der Waals surface area contributed by atoms with Gasteiger partial charge in [0, 0.05) is 11.1 Å². The van der Waals surface area contributed by atoms with Crippen molar-refractivity contribution in [1.29, 1.82) is 0 Å². The largest absolute Gasteiger partial charge is 0.493 e. The summed E-state index contributed by atoms with van der Waals surface area (Å²) in [5.41, 5.74) is 1.84. The number of ether oxygens (including phenoxy) is 3. The van der Waals surface area contributed by atoms with Gasteiger partial charge in [-0.05, 0) is 31.2 Å². The van der Waals surface area contributed by atoms with Crippen molar-refractivity contribution >= 4 is 17.9 Å². The van der Waals surface area contributed by atoms with Crippen LogP contribution in [0.2, 0.25) is 0 Å². The molecule has 1 heterocycles. The minimum absolute atomic E-state index is 0.0196. The molecule has 0 aliphatic carbocycles. The van der Waals surface area contributed by atoms with Crippen LogP contribution >= 0.6 is 0 Å². The molecule has 0 spiro atoms. The zero-order chi connectivity index (χ0) is 18.7. The SMILES string of the molecule is COc1cccc(/C=C2\N=C(c3cccc(C)c3)OC2=O)c1OC(F)F. The highest BCUT2D eigenvalue weighted by Gasteiger charge is 2.25. The second kappa shape index (κ2) is 7.35. The van der Waals surface area contributed by atoms with E-state index in [1.54, 1.807) is 12.1 Å². The summed E-state index contributed by atoms with van der Waals surface area (Å²) < 4.78 is 40.2. The summed E-state index contributed by atoms with van der Waals surface area (Å²) in [6, 6.07) is 11.9. The summed E-state index contributed by atoms with van der Waals surface area (Å²) in [7, 11) is 1.34. The number of carbonyl (C=O) groups excluding carboxylic acids is 1. The van der Waals surface area contributed by atoms with E-state index in [9.17, 15) is 13.6 Å². The first-order valence-corrected chi connectivity index (χ1v) is 7.69. The van der Waals surface area contributed by atoms with E-state index < -0.39 is 12.6 Å². The van der Waals surface area contributed by atoms with Crippen LogP contribution in [-0.2, 0) is 9.53 Å². The van der Waals surface area contributed by atoms with Gasteiger partial charge in [-0.25, -0.2) is 9.79 Å². The van der Waals surface area contributed by atoms with Gasteiger partial charge in [0.25, 0.3) is 0 Å². The molecule has 134 valence electrons. The number of nitrogens with zero attached hydrogens (tertiary/aromatic N) is 1. The molecule has 1 aliphatic heterocycles. The smallest absolute Gasteiger partial charge is 0.387 e. The fourth-order valence-electron chi connectivity index (χ4n) is 2.48. The fraction of sp³-hybridized carbons (Fsp3) is 0.158. The van der Waals surface area contributed by atoms with Crippen molar-refractivity contribution < 1.29 is 27.8 Å². The maximum atomic E-state index is 12.7. The molecule has 0 atom stereocenters. The number of esters is 1. The number of benzene rings is 2. The quantitative estimate of drug-likeness (QED) is 0.599. The standard InChI is InChI=1S/C19H15F2NO4/c1-11-5-3-7-13(9-11)17-22-14(18(23)26-17)10-12-6-4-8-15(24-2)16(12)25-19(20)21/h3-10,19H,1-2H3/b14-10-. The van der Waals surface area contributed by atoms with Gasteiger partial charge in [-0.15, -0.1) is 0 Å². The van der Waals surface area contributed by atoms with Gasteiger partial charge in [-0.3, -0.25) is 0 Å². The van der Waals surface area contributed by atoms with Crippen molar-refractivity contribution in [3.05, 3.63) is 64.9 Å². The molecule has 2 aromatic carbocycles. The number of hydrogen-bond acceptors (Lipinski definition) is 5. The van der Waals surface area contributed by atoms with Crippen LogP contribution in [-0.4, -0.2) is 25.6 Å². The highest BCUT2D eigenvalue weighted by atomic mass is 19.3. The molecule has 0 aromatic heterocycles. The van der Waals surface area contributed by atoms with Crippen molar-refractivity contribution in [1.82, 2.24) is 0 Å². The number of aliphatic imine (C=N–C) groups is 1. The van der Waals surface area contributed by atoms with Crippen LogP contribution in [0.5, 0.6) is 11.5 Å². The zero-order valence-corrected chi connectivity index (χ0v) is 14.0. The Balaban J connectivity index is 2.01. The van der Waals surface area contributed by atoms with Crippen molar-refractivity contribution in [2.24, 2.45) is 4.99 Å². The summed E-state index contributed by atoms with van der Waals surface area (Å²) in [6.45, 7) is -1.13. The highest BCUT2D eigenvalue weighted by molar-refractivity contribution is 6.13. The molecule has 0 radical (unpaired) electrons. The Morgan fingerprint density at radius 2 is 1.96 bits per heavy atom. The lowest BCUT2D eigenvalue weighted by molar-refractivity contribution is -0.129. The lowest BCUT2D eigenvalue weighted by Crippen LogP contribution is -2.06. The monoisotopic (exact) mass is 359 g/mol. The molecular weight excluding hydrogens is 344 g/mol. The van der Waals surface area contributed by atoms with E-state index in [4.69, 9.17) is 9.47 Å². The molecular formula is C19H15F2NO4. The van der Waals surface area contributed by atoms with Gasteiger partial charge >= 0.3 is 12.6 Å². The Bertz CT molecular complexity index is 906. The third kappa shape index (κ3) is 3.72. The lowest BCUT2D eigenvalue weighted by atomic mass is 10.1. The number of carbonyl (C=O) groups is 1. The van der Waals surface area contributed by atoms with Crippen molar-refractivity contribution in [2.45, 2.75) is 13.5 Å². The van der Waals surface area contributed by atoms with Crippen LogP contribution in [0, 0.1) is 6.92 Å². The third-order valence-corrected chi connectivity index (χ3v) is 3.61. The van der Waals surface area contributed by atoms with Gasteiger partial charge in [0.05, 0.1) is 7.11 Å². The number of alkyl halides is 2. The van der Waals surface area contributed by atoms with Crippen LogP contribution in [0.25, 0.3) is 6.08 Å². The predicted octanol–water partition coefficient (Wildman–Crippen LogP) is 3.95. The topological polar surface area (TPSA) is 57.1 Å². The summed E-state index contributed by atoms with van der Waals surface area (Å²) >= 11 is 0. The Hall–Kier alpha value is -3.22. The number of cyclic esters (lactones) is 1. The number of para-hydroxylation sites is 1. The normalized spacial score (nSPS) is 15.2. The van der Waals surface area contributed by atoms with Crippen LogP contribution in [0.4, 0.5) is 8.78 Å². The highest BCUT2D eigenvalue weighted by Crippen LogP contribution is 2.34. The molecule has 3 rings (SSSR count). The van der Waals surface area contributed by atoms with Crippen molar-refractivity contribution in [2.75, 3.05) is 7.11 Å². The van der Waals surface area contributed by atoms with E-state index in [0.717, 1.165) is 5.56 Å². The van der Waals surface area contributed by atoms with Gasteiger partial charge in [0.15, 0.2) is 17.2 Å². The molecule has 7 heteroatoms. The molecule has 0 amide bonds. The van der Waals surface area contributed by atoms with E-state index >= 15 is 0 Å². The van der Waals surface area contributed by atoms with Gasteiger partial charge in [-0.1, -0.05) is 29.8 Å². The second-order valence-electron chi connectivity index (χ2n) is 5.46. The molecule has 26 heavy (non-hydrogen) atoms. The second-order valence-corrected chi connectivity index (χ2v) is 5.46. The molecule has 0 saturated carbocycles. The van der Waals surface area contributed by atoms with Crippen LogP contribution in [0.1, 0.15) is 16.7 Å². The van der Waals surface area contributed by atoms with Crippen LogP contribution < -0.4 is 9.47 Å². The molecule has 0 unspecified atom stereocenters. The predicted molar refractivity (Wildman–Crippen MR) is 91.4 cm³/mol. The number of methoxy groups -OCH3 is 1. The first-order valence-electron chi connectivity index (χ1n) is 7.69. The number of hydrogen-bond donors (Lipinski definition) is 0. The molecule has 0 bridgehead atoms. The Morgan fingerprint density at radius 1 is 1.19 bits per heavy atom. The fourth-order valence-corrected chi connectivity index (χ4v) is 2.48. The van der Waals surface area contributed by atoms with E-state index in [1.165, 1.54) is 25.3 Å². The first kappa shape index (κ1) is 17.6. The van der Waals surface area contributed by atoms with Gasteiger partial charge in [0.2, 0.25) is 5.90 Å². The number of aryl methyl sites for hydroxylation is 1. The first-order chi connectivity index (χ1) is 12.5. The summed E-state index contributed by atoms with van der Waals surface area (Å²) in [5, 5.41) is 0. The maximum absolute atomic E-state index is 12.7. The Kier molecular flexibility index (Phi) is 4.97. The maximum Gasteiger partial charge on any atom is 0.387 e. The molecule has 2 aromatic rings. The van der Waals surface area contributed by atoms with Gasteiger partial charge in [0.1, 0.15) is 0 Å². The van der Waals surface area contributed by atoms with E-state index in [2.05, 4.69) is 9.73 Å². The van der Waals surface area contributed by atoms with Crippen molar-refractivity contribution in [3.63, 3.8) is 0 Å². The summed E-state index contributed by atoms with van der Waals surface area (Å²) in [4.78, 5) is 16.3. The van der Waals surface area contributed by atoms with Gasteiger partial charge < -0.3 is 14.2 Å². The van der Waals surface area contributed by atoms with Crippen LogP contribution in [0.3, 0.4) is 0 Å². The van der Waals surface area contributed by atoms with E-state index in [-0.39, 0.29) is 28.7 Å².